The van der Waals surface area contributed by atoms with Crippen molar-refractivity contribution in [1.82, 2.24) is 0 Å². The molecule has 9 atom stereocenters. The summed E-state index contributed by atoms with van der Waals surface area (Å²) in [5, 5.41) is 0. The lowest BCUT2D eigenvalue weighted by molar-refractivity contribution is -0.222. The summed E-state index contributed by atoms with van der Waals surface area (Å²) in [7, 11) is 0. The SMILES string of the molecule is CCCC(=O)O[C@@]12[CH]C[C@H]3[C@@H]4CC[C@H]([C@H](C)CCCC(C)C)[C@@]4(C)CC[C@@H]3[C@@]1(C)CC[C@H](OC(C)=O)C2. The van der Waals surface area contributed by atoms with Crippen LogP contribution in [0, 0.1) is 52.8 Å². The van der Waals surface area contributed by atoms with E-state index >= 15 is 0 Å². The largest absolute Gasteiger partial charge is 0.462 e. The van der Waals surface area contributed by atoms with Gasteiger partial charge in [-0.15, -0.1) is 0 Å². The number of ether oxygens (including phenoxy) is 2. The van der Waals surface area contributed by atoms with Gasteiger partial charge in [0.15, 0.2) is 0 Å². The first-order valence-electron chi connectivity index (χ1n) is 15.7. The summed E-state index contributed by atoms with van der Waals surface area (Å²) in [6, 6.07) is 0. The predicted molar refractivity (Wildman–Crippen MR) is 149 cm³/mol. The van der Waals surface area contributed by atoms with Crippen molar-refractivity contribution < 1.29 is 19.1 Å². The van der Waals surface area contributed by atoms with Crippen LogP contribution in [-0.2, 0) is 19.1 Å². The Kier molecular flexibility index (Phi) is 8.76. The van der Waals surface area contributed by atoms with E-state index in [1.165, 1.54) is 51.9 Å². The molecular weight excluding hydrogens is 460 g/mol. The molecule has 1 radical (unpaired) electrons. The molecule has 37 heavy (non-hydrogen) atoms. The minimum absolute atomic E-state index is 0.0851. The number of hydrogen-bond acceptors (Lipinski definition) is 4. The number of carbonyl (C=O) groups is 2. The molecule has 4 aliphatic carbocycles. The van der Waals surface area contributed by atoms with Crippen LogP contribution in [0.3, 0.4) is 0 Å². The molecule has 0 bridgehead atoms. The maximum Gasteiger partial charge on any atom is 0.306 e. The van der Waals surface area contributed by atoms with E-state index in [1.54, 1.807) is 0 Å². The van der Waals surface area contributed by atoms with Crippen LogP contribution in [0.2, 0.25) is 0 Å². The van der Waals surface area contributed by atoms with Crippen LogP contribution >= 0.6 is 0 Å². The van der Waals surface area contributed by atoms with Crippen LogP contribution < -0.4 is 0 Å². The van der Waals surface area contributed by atoms with Gasteiger partial charge in [0, 0.05) is 31.6 Å². The van der Waals surface area contributed by atoms with Crippen molar-refractivity contribution in [2.45, 2.75) is 144 Å². The molecule has 4 fully saturated rings. The lowest BCUT2D eigenvalue weighted by Gasteiger charge is -2.64. The van der Waals surface area contributed by atoms with Gasteiger partial charge in [-0.2, -0.15) is 0 Å². The van der Waals surface area contributed by atoms with Gasteiger partial charge in [0.25, 0.3) is 0 Å². The molecule has 0 amide bonds. The normalized spacial score (nSPS) is 41.9. The lowest BCUT2D eigenvalue weighted by Crippen LogP contribution is -2.65. The van der Waals surface area contributed by atoms with Gasteiger partial charge in [-0.05, 0) is 92.3 Å². The molecule has 0 saturated heterocycles. The van der Waals surface area contributed by atoms with Crippen molar-refractivity contribution >= 4 is 11.9 Å². The van der Waals surface area contributed by atoms with Gasteiger partial charge in [0.05, 0.1) is 0 Å². The van der Waals surface area contributed by atoms with Crippen LogP contribution in [0.15, 0.2) is 0 Å². The van der Waals surface area contributed by atoms with E-state index in [1.807, 2.05) is 6.92 Å². The van der Waals surface area contributed by atoms with Crippen molar-refractivity contribution in [1.29, 1.82) is 0 Å². The lowest BCUT2D eigenvalue weighted by atomic mass is 9.43. The maximum atomic E-state index is 12.9. The average molecular weight is 516 g/mol. The van der Waals surface area contributed by atoms with Gasteiger partial charge in [-0.1, -0.05) is 60.8 Å². The Morgan fingerprint density at radius 2 is 1.76 bits per heavy atom. The molecule has 0 spiro atoms. The molecule has 0 aromatic rings. The molecule has 211 valence electrons. The monoisotopic (exact) mass is 515 g/mol. The predicted octanol–water partition coefficient (Wildman–Crippen LogP) is 8.32. The zero-order chi connectivity index (χ0) is 27.0. The Labute approximate surface area is 227 Å². The third-order valence-corrected chi connectivity index (χ3v) is 11.7. The molecule has 0 unspecified atom stereocenters. The fraction of sp³-hybridized carbons (Fsp3) is 0.909. The van der Waals surface area contributed by atoms with E-state index in [2.05, 4.69) is 41.0 Å². The van der Waals surface area contributed by atoms with Crippen LogP contribution in [0.4, 0.5) is 0 Å². The topological polar surface area (TPSA) is 52.6 Å². The van der Waals surface area contributed by atoms with Gasteiger partial charge in [-0.3, -0.25) is 9.59 Å². The molecule has 4 rings (SSSR count). The first-order valence-corrected chi connectivity index (χ1v) is 15.7. The molecule has 4 nitrogen and oxygen atoms in total. The molecule has 0 N–H and O–H groups in total. The second kappa shape index (κ2) is 11.2. The minimum Gasteiger partial charge on any atom is -0.462 e. The highest BCUT2D eigenvalue weighted by Gasteiger charge is 2.67. The summed E-state index contributed by atoms with van der Waals surface area (Å²) >= 11 is 0. The Balaban J connectivity index is 1.55. The van der Waals surface area contributed by atoms with Crippen LogP contribution in [0.25, 0.3) is 0 Å². The molecular formula is C33H55O4. The van der Waals surface area contributed by atoms with Gasteiger partial charge in [-0.25, -0.2) is 0 Å². The van der Waals surface area contributed by atoms with Crippen LogP contribution in [-0.4, -0.2) is 23.6 Å². The summed E-state index contributed by atoms with van der Waals surface area (Å²) < 4.78 is 12.2. The molecule has 0 aliphatic heterocycles. The number of fused-ring (bicyclic) bond motifs is 5. The Morgan fingerprint density at radius 3 is 2.43 bits per heavy atom. The summed E-state index contributed by atoms with van der Waals surface area (Å²) in [4.78, 5) is 24.7. The van der Waals surface area contributed by atoms with Gasteiger partial charge in [0.2, 0.25) is 0 Å². The second-order valence-electron chi connectivity index (χ2n) is 14.4. The van der Waals surface area contributed by atoms with Crippen molar-refractivity contribution in [3.8, 4) is 0 Å². The maximum absolute atomic E-state index is 12.9. The molecule has 4 aliphatic rings. The Bertz CT molecular complexity index is 821. The number of carbonyl (C=O) groups excluding carboxylic acids is 2. The van der Waals surface area contributed by atoms with E-state index in [0.717, 1.165) is 49.4 Å². The molecule has 4 saturated carbocycles. The number of hydrogen-bond donors (Lipinski definition) is 0. The fourth-order valence-corrected chi connectivity index (χ4v) is 9.91. The van der Waals surface area contributed by atoms with Crippen molar-refractivity contribution in [3.05, 3.63) is 6.42 Å². The third kappa shape index (κ3) is 5.38. The quantitative estimate of drug-likeness (QED) is 0.290. The van der Waals surface area contributed by atoms with E-state index in [4.69, 9.17) is 9.47 Å². The summed E-state index contributed by atoms with van der Waals surface area (Å²) in [6.45, 7) is 15.8. The second-order valence-corrected chi connectivity index (χ2v) is 14.4. The molecule has 0 aromatic carbocycles. The first-order chi connectivity index (χ1) is 17.5. The van der Waals surface area contributed by atoms with E-state index in [-0.39, 0.29) is 23.5 Å². The zero-order valence-electron chi connectivity index (χ0n) is 24.9. The summed E-state index contributed by atoms with van der Waals surface area (Å²) in [5.74, 6) is 4.14. The summed E-state index contributed by atoms with van der Waals surface area (Å²) in [5.41, 5.74) is -0.261. The number of esters is 2. The van der Waals surface area contributed by atoms with E-state index in [0.29, 0.717) is 30.1 Å². The van der Waals surface area contributed by atoms with Crippen molar-refractivity contribution in [2.24, 2.45) is 46.3 Å². The molecule has 0 heterocycles. The Morgan fingerprint density at radius 1 is 1.00 bits per heavy atom. The highest BCUT2D eigenvalue weighted by Crippen LogP contribution is 2.69. The van der Waals surface area contributed by atoms with Crippen molar-refractivity contribution in [2.75, 3.05) is 0 Å². The highest BCUT2D eigenvalue weighted by atomic mass is 16.6. The van der Waals surface area contributed by atoms with Gasteiger partial charge >= 0.3 is 11.9 Å². The molecule has 4 heteroatoms. The van der Waals surface area contributed by atoms with E-state index < -0.39 is 5.60 Å². The summed E-state index contributed by atoms with van der Waals surface area (Å²) in [6.07, 6.45) is 16.3. The van der Waals surface area contributed by atoms with Gasteiger partial charge < -0.3 is 9.47 Å². The van der Waals surface area contributed by atoms with Crippen LogP contribution in [0.5, 0.6) is 0 Å². The average Bonchev–Trinajstić information content (AvgIpc) is 3.16. The molecule has 0 aromatic heterocycles. The third-order valence-electron chi connectivity index (χ3n) is 11.7. The fourth-order valence-electron chi connectivity index (χ4n) is 9.91. The first kappa shape index (κ1) is 28.9. The smallest absolute Gasteiger partial charge is 0.306 e. The van der Waals surface area contributed by atoms with E-state index in [9.17, 15) is 9.59 Å². The van der Waals surface area contributed by atoms with Gasteiger partial charge in [0.1, 0.15) is 11.7 Å². The number of rotatable bonds is 9. The Hall–Kier alpha value is -1.06. The zero-order valence-corrected chi connectivity index (χ0v) is 24.9. The van der Waals surface area contributed by atoms with Crippen molar-refractivity contribution in [3.63, 3.8) is 0 Å². The highest BCUT2D eigenvalue weighted by molar-refractivity contribution is 5.70. The standard InChI is InChI=1S/C33H55O4/c1-8-10-30(35)37-33-20-16-26-28-14-13-27(23(4)12-9-11-22(2)3)31(28,6)18-17-29(26)32(33,7)19-15-25(21-33)36-24(5)34/h20,22-23,25-29H,8-19,21H2,1-7H3/t23-,25+,26+,27-,28+,29+,31-,32-,33-/m1/s1. The van der Waals surface area contributed by atoms with Crippen LogP contribution in [0.1, 0.15) is 132 Å². The minimum atomic E-state index is -0.616.